The van der Waals surface area contributed by atoms with Gasteiger partial charge in [0.25, 0.3) is 0 Å². The Morgan fingerprint density at radius 3 is 2.47 bits per heavy atom. The van der Waals surface area contributed by atoms with Gasteiger partial charge >= 0.3 is 0 Å². The Labute approximate surface area is 117 Å². The third kappa shape index (κ3) is 3.29. The van der Waals surface area contributed by atoms with Crippen LogP contribution in [0, 0.1) is 24.4 Å². The maximum Gasteiger partial charge on any atom is 0.137 e. The number of hydrogen-bond acceptors (Lipinski definition) is 1. The summed E-state index contributed by atoms with van der Waals surface area (Å²) in [4.78, 5) is 0. The molecule has 2 rings (SSSR count). The summed E-state index contributed by atoms with van der Waals surface area (Å²) in [6.07, 6.45) is 0. The molecule has 2 aromatic rings. The van der Waals surface area contributed by atoms with Crippen molar-refractivity contribution in [1.82, 2.24) is 0 Å². The van der Waals surface area contributed by atoms with Crippen LogP contribution in [0.25, 0.3) is 0 Å². The average Bonchev–Trinajstić information content (AvgIpc) is 2.34. The Bertz CT molecular complexity index is 614. The SMILES string of the molecule is Cc1cc(F)c(Br)cc1NCc1ccc(F)cc1F. The molecule has 0 aliphatic carbocycles. The summed E-state index contributed by atoms with van der Waals surface area (Å²) in [7, 11) is 0. The molecule has 0 amide bonds. The topological polar surface area (TPSA) is 12.0 Å². The summed E-state index contributed by atoms with van der Waals surface area (Å²) in [5.74, 6) is -1.57. The lowest BCUT2D eigenvalue weighted by atomic mass is 10.1. The molecule has 0 radical (unpaired) electrons. The van der Waals surface area contributed by atoms with E-state index in [1.807, 2.05) is 0 Å². The maximum absolute atomic E-state index is 13.4. The quantitative estimate of drug-likeness (QED) is 0.853. The molecule has 0 atom stereocenters. The molecule has 0 saturated heterocycles. The Kier molecular flexibility index (Phi) is 4.14. The Balaban J connectivity index is 2.16. The fourth-order valence-electron chi connectivity index (χ4n) is 1.69. The van der Waals surface area contributed by atoms with Crippen LogP contribution in [-0.2, 0) is 6.54 Å². The molecule has 0 unspecified atom stereocenters. The second kappa shape index (κ2) is 5.65. The largest absolute Gasteiger partial charge is 0.381 e. The third-order valence-corrected chi connectivity index (χ3v) is 3.36. The van der Waals surface area contributed by atoms with Gasteiger partial charge in [0.1, 0.15) is 17.5 Å². The number of anilines is 1. The fourth-order valence-corrected chi connectivity index (χ4v) is 2.04. The molecule has 5 heteroatoms. The summed E-state index contributed by atoms with van der Waals surface area (Å²) in [6.45, 7) is 1.95. The summed E-state index contributed by atoms with van der Waals surface area (Å²) >= 11 is 3.09. The van der Waals surface area contributed by atoms with Crippen LogP contribution in [0.15, 0.2) is 34.8 Å². The molecule has 0 saturated carbocycles. The second-order valence-corrected chi connectivity index (χ2v) is 5.02. The first-order valence-electron chi connectivity index (χ1n) is 5.61. The average molecular weight is 330 g/mol. The van der Waals surface area contributed by atoms with E-state index in [0.717, 1.165) is 6.07 Å². The number of aryl methyl sites for hydroxylation is 1. The Morgan fingerprint density at radius 1 is 1.05 bits per heavy atom. The summed E-state index contributed by atoms with van der Waals surface area (Å²) < 4.78 is 39.8. The molecule has 100 valence electrons. The van der Waals surface area contributed by atoms with Gasteiger partial charge in [0.05, 0.1) is 4.47 Å². The molecule has 19 heavy (non-hydrogen) atoms. The van der Waals surface area contributed by atoms with Gasteiger partial charge in [-0.15, -0.1) is 0 Å². The molecule has 2 aromatic carbocycles. The Hall–Kier alpha value is -1.49. The summed E-state index contributed by atoms with van der Waals surface area (Å²) in [5, 5.41) is 3.00. The van der Waals surface area contributed by atoms with Gasteiger partial charge in [-0.3, -0.25) is 0 Å². The lowest BCUT2D eigenvalue weighted by Crippen LogP contribution is -2.04. The first-order chi connectivity index (χ1) is 8.97. The summed E-state index contributed by atoms with van der Waals surface area (Å²) in [6, 6.07) is 6.39. The minimum Gasteiger partial charge on any atom is -0.381 e. The highest BCUT2D eigenvalue weighted by atomic mass is 79.9. The van der Waals surface area contributed by atoms with E-state index in [-0.39, 0.29) is 12.4 Å². The molecule has 0 aromatic heterocycles. The number of hydrogen-bond donors (Lipinski definition) is 1. The molecule has 1 nitrogen and oxygen atoms in total. The van der Waals surface area contributed by atoms with Gasteiger partial charge in [0, 0.05) is 23.9 Å². The number of rotatable bonds is 3. The van der Waals surface area contributed by atoms with Crippen molar-refractivity contribution < 1.29 is 13.2 Å². The van der Waals surface area contributed by atoms with Crippen LogP contribution in [0.5, 0.6) is 0 Å². The summed E-state index contributed by atoms with van der Waals surface area (Å²) in [5.41, 5.74) is 1.75. The van der Waals surface area contributed by atoms with Gasteiger partial charge in [-0.05, 0) is 46.6 Å². The van der Waals surface area contributed by atoms with Crippen LogP contribution in [0.4, 0.5) is 18.9 Å². The van der Waals surface area contributed by atoms with E-state index in [4.69, 9.17) is 0 Å². The van der Waals surface area contributed by atoms with Gasteiger partial charge < -0.3 is 5.32 Å². The lowest BCUT2D eigenvalue weighted by Gasteiger charge is -2.11. The minimum atomic E-state index is -0.609. The van der Waals surface area contributed by atoms with E-state index in [1.165, 1.54) is 18.2 Å². The molecule has 0 bridgehead atoms. The van der Waals surface area contributed by atoms with Crippen molar-refractivity contribution in [2.24, 2.45) is 0 Å². The fraction of sp³-hybridized carbons (Fsp3) is 0.143. The first kappa shape index (κ1) is 13.9. The predicted molar refractivity (Wildman–Crippen MR) is 72.5 cm³/mol. The zero-order valence-electron chi connectivity index (χ0n) is 10.1. The van der Waals surface area contributed by atoms with Crippen LogP contribution in [-0.4, -0.2) is 0 Å². The molecule has 0 aliphatic rings. The molecular weight excluding hydrogens is 319 g/mol. The Morgan fingerprint density at radius 2 is 1.79 bits per heavy atom. The molecule has 0 spiro atoms. The van der Waals surface area contributed by atoms with E-state index < -0.39 is 11.6 Å². The standard InChI is InChI=1S/C14H11BrF3N/c1-8-4-13(18)11(15)6-14(8)19-7-9-2-3-10(16)5-12(9)17/h2-6,19H,7H2,1H3. The highest BCUT2D eigenvalue weighted by Crippen LogP contribution is 2.25. The van der Waals surface area contributed by atoms with Crippen molar-refractivity contribution in [3.8, 4) is 0 Å². The third-order valence-electron chi connectivity index (χ3n) is 2.75. The molecular formula is C14H11BrF3N. The molecule has 1 N–H and O–H groups in total. The van der Waals surface area contributed by atoms with Crippen LogP contribution < -0.4 is 5.32 Å². The van der Waals surface area contributed by atoms with E-state index in [1.54, 1.807) is 13.0 Å². The number of halogens is 4. The smallest absolute Gasteiger partial charge is 0.137 e. The minimum absolute atomic E-state index is 0.199. The van der Waals surface area contributed by atoms with Gasteiger partial charge in [0.2, 0.25) is 0 Å². The van der Waals surface area contributed by atoms with E-state index in [9.17, 15) is 13.2 Å². The maximum atomic E-state index is 13.4. The van der Waals surface area contributed by atoms with E-state index in [2.05, 4.69) is 21.2 Å². The van der Waals surface area contributed by atoms with Crippen LogP contribution in [0.1, 0.15) is 11.1 Å². The zero-order valence-corrected chi connectivity index (χ0v) is 11.7. The second-order valence-electron chi connectivity index (χ2n) is 4.17. The van der Waals surface area contributed by atoms with Crippen molar-refractivity contribution in [3.63, 3.8) is 0 Å². The molecule has 0 fully saturated rings. The van der Waals surface area contributed by atoms with E-state index in [0.29, 0.717) is 21.3 Å². The number of nitrogens with one attached hydrogen (secondary N) is 1. The van der Waals surface area contributed by atoms with Gasteiger partial charge in [-0.25, -0.2) is 13.2 Å². The van der Waals surface area contributed by atoms with Crippen LogP contribution in [0.3, 0.4) is 0 Å². The van der Waals surface area contributed by atoms with Crippen molar-refractivity contribution >= 4 is 21.6 Å². The van der Waals surface area contributed by atoms with Crippen LogP contribution in [0.2, 0.25) is 0 Å². The molecule has 0 heterocycles. The highest BCUT2D eigenvalue weighted by Gasteiger charge is 2.07. The normalized spacial score (nSPS) is 10.6. The van der Waals surface area contributed by atoms with Crippen molar-refractivity contribution in [2.45, 2.75) is 13.5 Å². The number of benzene rings is 2. The van der Waals surface area contributed by atoms with Gasteiger partial charge in [0.15, 0.2) is 0 Å². The van der Waals surface area contributed by atoms with Crippen molar-refractivity contribution in [1.29, 1.82) is 0 Å². The van der Waals surface area contributed by atoms with Crippen LogP contribution >= 0.6 is 15.9 Å². The van der Waals surface area contributed by atoms with Crippen molar-refractivity contribution in [3.05, 3.63) is 63.4 Å². The predicted octanol–water partition coefficient (Wildman–Crippen LogP) is 4.79. The van der Waals surface area contributed by atoms with Crippen molar-refractivity contribution in [2.75, 3.05) is 5.32 Å². The zero-order chi connectivity index (χ0) is 14.0. The molecule has 0 aliphatic heterocycles. The van der Waals surface area contributed by atoms with Gasteiger partial charge in [-0.2, -0.15) is 0 Å². The first-order valence-corrected chi connectivity index (χ1v) is 6.40. The highest BCUT2D eigenvalue weighted by molar-refractivity contribution is 9.10. The monoisotopic (exact) mass is 329 g/mol. The lowest BCUT2D eigenvalue weighted by molar-refractivity contribution is 0.574. The van der Waals surface area contributed by atoms with E-state index >= 15 is 0 Å². The van der Waals surface area contributed by atoms with Gasteiger partial charge in [-0.1, -0.05) is 6.07 Å².